The first-order chi connectivity index (χ1) is 8.67. The minimum absolute atomic E-state index is 0.0774. The summed E-state index contributed by atoms with van der Waals surface area (Å²) >= 11 is 0. The van der Waals surface area contributed by atoms with Crippen LogP contribution in [0.15, 0.2) is 12.4 Å². The third-order valence-electron chi connectivity index (χ3n) is 4.07. The zero-order chi connectivity index (χ0) is 13.0. The minimum atomic E-state index is -0.0774. The van der Waals surface area contributed by atoms with Crippen LogP contribution >= 0.6 is 0 Å². The smallest absolute Gasteiger partial charge is 0.0613 e. The van der Waals surface area contributed by atoms with E-state index in [2.05, 4.69) is 30.5 Å². The lowest BCUT2D eigenvalue weighted by Crippen LogP contribution is -2.51. The molecule has 102 valence electrons. The fourth-order valence-electron chi connectivity index (χ4n) is 2.98. The Balaban J connectivity index is 1.93. The molecule has 1 aliphatic carbocycles. The van der Waals surface area contributed by atoms with E-state index in [0.29, 0.717) is 5.92 Å². The van der Waals surface area contributed by atoms with Crippen LogP contribution < -0.4 is 5.32 Å². The summed E-state index contributed by atoms with van der Waals surface area (Å²) in [6.45, 7) is 6.30. The van der Waals surface area contributed by atoms with Crippen molar-refractivity contribution in [1.82, 2.24) is 15.1 Å². The molecule has 1 aromatic rings. The Labute approximate surface area is 109 Å². The Morgan fingerprint density at radius 2 is 2.44 bits per heavy atom. The number of nitrogens with zero attached hydrogens (tertiary/aromatic N) is 2. The second-order valence-corrected chi connectivity index (χ2v) is 5.70. The minimum Gasteiger partial charge on any atom is -0.394 e. The predicted molar refractivity (Wildman–Crippen MR) is 72.2 cm³/mol. The van der Waals surface area contributed by atoms with Crippen LogP contribution in [0.4, 0.5) is 0 Å². The van der Waals surface area contributed by atoms with Gasteiger partial charge in [0.05, 0.1) is 12.8 Å². The molecule has 0 aromatic carbocycles. The lowest BCUT2D eigenvalue weighted by molar-refractivity contribution is 0.0982. The third kappa shape index (κ3) is 3.12. The van der Waals surface area contributed by atoms with E-state index in [9.17, 15) is 5.11 Å². The zero-order valence-electron chi connectivity index (χ0n) is 11.5. The first-order valence-electron chi connectivity index (χ1n) is 7.04. The maximum Gasteiger partial charge on any atom is 0.0613 e. The molecule has 18 heavy (non-hydrogen) atoms. The summed E-state index contributed by atoms with van der Waals surface area (Å²) in [6, 6.07) is 0. The largest absolute Gasteiger partial charge is 0.394 e. The van der Waals surface area contributed by atoms with Crippen molar-refractivity contribution in [1.29, 1.82) is 0 Å². The summed E-state index contributed by atoms with van der Waals surface area (Å²) in [5.74, 6) is 0.705. The average molecular weight is 251 g/mol. The molecule has 1 aliphatic rings. The summed E-state index contributed by atoms with van der Waals surface area (Å²) in [5.41, 5.74) is 1.12. The van der Waals surface area contributed by atoms with Gasteiger partial charge in [-0.15, -0.1) is 0 Å². The number of aliphatic hydroxyl groups is 1. The molecular weight excluding hydrogens is 226 g/mol. The van der Waals surface area contributed by atoms with Crippen molar-refractivity contribution in [3.05, 3.63) is 18.0 Å². The van der Waals surface area contributed by atoms with Crippen LogP contribution in [0.25, 0.3) is 0 Å². The van der Waals surface area contributed by atoms with Crippen molar-refractivity contribution in [2.45, 2.75) is 58.2 Å². The summed E-state index contributed by atoms with van der Waals surface area (Å²) in [5, 5.41) is 17.5. The second kappa shape index (κ2) is 5.85. The highest BCUT2D eigenvalue weighted by atomic mass is 16.3. The summed E-state index contributed by atoms with van der Waals surface area (Å²) in [4.78, 5) is 0. The number of hydrogen-bond donors (Lipinski definition) is 2. The number of hydrogen-bond acceptors (Lipinski definition) is 3. The molecular formula is C14H25N3O. The van der Waals surface area contributed by atoms with Crippen molar-refractivity contribution >= 4 is 0 Å². The van der Waals surface area contributed by atoms with Gasteiger partial charge in [-0.1, -0.05) is 19.8 Å². The van der Waals surface area contributed by atoms with Gasteiger partial charge in [0.25, 0.3) is 0 Å². The molecule has 0 radical (unpaired) electrons. The molecule has 2 atom stereocenters. The van der Waals surface area contributed by atoms with E-state index in [1.54, 1.807) is 0 Å². The van der Waals surface area contributed by atoms with Crippen molar-refractivity contribution in [3.8, 4) is 0 Å². The molecule has 0 spiro atoms. The molecule has 0 saturated heterocycles. The zero-order valence-corrected chi connectivity index (χ0v) is 11.5. The standard InChI is InChI=1S/C14H25N3O/c1-3-17-10-13(9-16-17)8-15-14(11-18)6-4-5-12(2)7-14/h9-10,12,15,18H,3-8,11H2,1-2H3. The van der Waals surface area contributed by atoms with Crippen molar-refractivity contribution in [3.63, 3.8) is 0 Å². The van der Waals surface area contributed by atoms with Gasteiger partial charge in [0, 0.05) is 30.4 Å². The number of nitrogens with one attached hydrogen (secondary N) is 1. The van der Waals surface area contributed by atoms with Gasteiger partial charge >= 0.3 is 0 Å². The van der Waals surface area contributed by atoms with E-state index >= 15 is 0 Å². The second-order valence-electron chi connectivity index (χ2n) is 5.70. The molecule has 0 aliphatic heterocycles. The Hall–Kier alpha value is -0.870. The molecule has 1 aromatic heterocycles. The van der Waals surface area contributed by atoms with Gasteiger partial charge in [0.2, 0.25) is 0 Å². The lowest BCUT2D eigenvalue weighted by atomic mass is 9.77. The molecule has 0 bridgehead atoms. The lowest BCUT2D eigenvalue weighted by Gasteiger charge is -2.39. The number of rotatable bonds is 5. The van der Waals surface area contributed by atoms with Gasteiger partial charge in [-0.05, 0) is 25.7 Å². The van der Waals surface area contributed by atoms with Gasteiger partial charge in [-0.2, -0.15) is 5.10 Å². The predicted octanol–water partition coefficient (Wildman–Crippen LogP) is 1.93. The maximum absolute atomic E-state index is 9.71. The Morgan fingerprint density at radius 1 is 1.61 bits per heavy atom. The van der Waals surface area contributed by atoms with Crippen molar-refractivity contribution in [2.24, 2.45) is 5.92 Å². The van der Waals surface area contributed by atoms with Crippen molar-refractivity contribution < 1.29 is 5.11 Å². The topological polar surface area (TPSA) is 50.1 Å². The third-order valence-corrected chi connectivity index (χ3v) is 4.07. The van der Waals surface area contributed by atoms with E-state index in [4.69, 9.17) is 0 Å². The number of aromatic nitrogens is 2. The molecule has 0 amide bonds. The van der Waals surface area contributed by atoms with Crippen LogP contribution in [0.3, 0.4) is 0 Å². The highest BCUT2D eigenvalue weighted by Gasteiger charge is 2.33. The molecule has 2 unspecified atom stereocenters. The quantitative estimate of drug-likeness (QED) is 0.841. The molecule has 2 rings (SSSR count). The Bertz CT molecular complexity index is 377. The first kappa shape index (κ1) is 13.6. The van der Waals surface area contributed by atoms with E-state index in [1.807, 2.05) is 10.9 Å². The number of aryl methyl sites for hydroxylation is 1. The number of aliphatic hydroxyl groups excluding tert-OH is 1. The van der Waals surface area contributed by atoms with E-state index in [-0.39, 0.29) is 12.1 Å². The molecule has 1 fully saturated rings. The molecule has 1 saturated carbocycles. The highest BCUT2D eigenvalue weighted by molar-refractivity contribution is 5.05. The van der Waals surface area contributed by atoms with E-state index in [1.165, 1.54) is 18.4 Å². The molecule has 1 heterocycles. The van der Waals surface area contributed by atoms with Crippen LogP contribution in [0, 0.1) is 5.92 Å². The van der Waals surface area contributed by atoms with Gasteiger partial charge < -0.3 is 10.4 Å². The molecule has 4 nitrogen and oxygen atoms in total. The summed E-state index contributed by atoms with van der Waals surface area (Å²) in [6.07, 6.45) is 8.64. The first-order valence-corrected chi connectivity index (χ1v) is 7.04. The monoisotopic (exact) mass is 251 g/mol. The van der Waals surface area contributed by atoms with E-state index < -0.39 is 0 Å². The average Bonchev–Trinajstić information content (AvgIpc) is 2.84. The fraction of sp³-hybridized carbons (Fsp3) is 0.786. The van der Waals surface area contributed by atoms with Crippen LogP contribution in [-0.4, -0.2) is 27.0 Å². The summed E-state index contributed by atoms with van der Waals surface area (Å²) in [7, 11) is 0. The van der Waals surface area contributed by atoms with Gasteiger partial charge in [0.1, 0.15) is 0 Å². The van der Waals surface area contributed by atoms with Crippen LogP contribution in [0.2, 0.25) is 0 Å². The maximum atomic E-state index is 9.71. The normalized spacial score (nSPS) is 28.5. The SMILES string of the molecule is CCn1cc(CNC2(CO)CCCC(C)C2)cn1. The Morgan fingerprint density at radius 3 is 3.06 bits per heavy atom. The highest BCUT2D eigenvalue weighted by Crippen LogP contribution is 2.32. The molecule has 4 heteroatoms. The molecule has 2 N–H and O–H groups in total. The van der Waals surface area contributed by atoms with Crippen LogP contribution in [0.1, 0.15) is 45.1 Å². The fourth-order valence-corrected chi connectivity index (χ4v) is 2.98. The van der Waals surface area contributed by atoms with Crippen LogP contribution in [0.5, 0.6) is 0 Å². The van der Waals surface area contributed by atoms with Gasteiger partial charge in [0.15, 0.2) is 0 Å². The van der Waals surface area contributed by atoms with Crippen molar-refractivity contribution in [2.75, 3.05) is 6.61 Å². The van der Waals surface area contributed by atoms with E-state index in [0.717, 1.165) is 25.9 Å². The van der Waals surface area contributed by atoms with Crippen LogP contribution in [-0.2, 0) is 13.1 Å². The Kier molecular flexibility index (Phi) is 4.40. The van der Waals surface area contributed by atoms with Gasteiger partial charge in [-0.3, -0.25) is 4.68 Å². The van der Waals surface area contributed by atoms with Gasteiger partial charge in [-0.25, -0.2) is 0 Å². The summed E-state index contributed by atoms with van der Waals surface area (Å²) < 4.78 is 1.94.